The minimum absolute atomic E-state index is 0.0316. The molecule has 152 valence electrons. The summed E-state index contributed by atoms with van der Waals surface area (Å²) in [5, 5.41) is 12.7. The fraction of sp³-hybridized carbons (Fsp3) is 0.588. The molecule has 3 rings (SSSR count). The molecule has 1 fully saturated rings. The van der Waals surface area contributed by atoms with Gasteiger partial charge in [-0.25, -0.2) is 14.3 Å². The molecule has 0 radical (unpaired) electrons. The second kappa shape index (κ2) is 7.02. The Kier molecular flexibility index (Phi) is 5.02. The average molecular weight is 399 g/mol. The van der Waals surface area contributed by atoms with Gasteiger partial charge in [-0.2, -0.15) is 18.2 Å². The summed E-state index contributed by atoms with van der Waals surface area (Å²) in [4.78, 5) is 32.8. The Hall–Kier alpha value is -2.72. The van der Waals surface area contributed by atoms with E-state index in [1.54, 1.807) is 13.8 Å². The summed E-state index contributed by atoms with van der Waals surface area (Å²) >= 11 is 0. The van der Waals surface area contributed by atoms with Crippen molar-refractivity contribution in [3.63, 3.8) is 0 Å². The Morgan fingerprint density at radius 3 is 2.46 bits per heavy atom. The van der Waals surface area contributed by atoms with Crippen LogP contribution in [-0.2, 0) is 22.2 Å². The molecule has 2 aromatic heterocycles. The number of halogens is 3. The second-order valence-electron chi connectivity index (χ2n) is 6.95. The Morgan fingerprint density at radius 2 is 1.93 bits per heavy atom. The zero-order valence-electron chi connectivity index (χ0n) is 15.6. The molecule has 1 saturated carbocycles. The van der Waals surface area contributed by atoms with Gasteiger partial charge in [0.2, 0.25) is 5.91 Å². The average Bonchev–Trinajstić information content (AvgIpc) is 3.31. The summed E-state index contributed by atoms with van der Waals surface area (Å²) in [6.07, 6.45) is -2.88. The van der Waals surface area contributed by atoms with E-state index in [9.17, 15) is 27.9 Å². The number of aromatic nitrogens is 4. The largest absolute Gasteiger partial charge is 0.480 e. The maximum atomic E-state index is 12.9. The van der Waals surface area contributed by atoms with E-state index >= 15 is 0 Å². The molecule has 2 heterocycles. The van der Waals surface area contributed by atoms with Gasteiger partial charge in [0, 0.05) is 23.9 Å². The van der Waals surface area contributed by atoms with E-state index in [1.807, 2.05) is 0 Å². The fourth-order valence-corrected chi connectivity index (χ4v) is 3.26. The van der Waals surface area contributed by atoms with Crippen molar-refractivity contribution in [1.29, 1.82) is 0 Å². The summed E-state index contributed by atoms with van der Waals surface area (Å²) < 4.78 is 39.6. The number of aryl methyl sites for hydroxylation is 2. The molecule has 0 bridgehead atoms. The zero-order chi connectivity index (χ0) is 20.8. The van der Waals surface area contributed by atoms with Crippen molar-refractivity contribution < 1.29 is 27.9 Å². The predicted octanol–water partition coefficient (Wildman–Crippen LogP) is 2.16. The first-order valence-corrected chi connectivity index (χ1v) is 8.84. The highest BCUT2D eigenvalue weighted by molar-refractivity contribution is 5.84. The molecule has 11 heteroatoms. The highest BCUT2D eigenvalue weighted by atomic mass is 19.4. The van der Waals surface area contributed by atoms with Crippen LogP contribution in [0.2, 0.25) is 0 Å². The number of rotatable bonds is 6. The molecule has 1 aliphatic carbocycles. The Bertz CT molecular complexity index is 936. The van der Waals surface area contributed by atoms with Gasteiger partial charge in [0.05, 0.1) is 0 Å². The summed E-state index contributed by atoms with van der Waals surface area (Å²) in [6, 6.07) is -0.987. The monoisotopic (exact) mass is 399 g/mol. The van der Waals surface area contributed by atoms with Gasteiger partial charge >= 0.3 is 12.1 Å². The number of carbonyl (C=O) groups excluding carboxylic acids is 1. The molecule has 2 aromatic rings. The van der Waals surface area contributed by atoms with Crippen molar-refractivity contribution in [1.82, 2.24) is 24.5 Å². The van der Waals surface area contributed by atoms with Crippen LogP contribution in [-0.4, -0.2) is 53.5 Å². The Balaban J connectivity index is 1.84. The molecule has 1 unspecified atom stereocenters. The van der Waals surface area contributed by atoms with Crippen LogP contribution >= 0.6 is 0 Å². The molecule has 1 aliphatic rings. The van der Waals surface area contributed by atoms with Gasteiger partial charge in [0.25, 0.3) is 11.6 Å². The number of carboxylic acid groups (broad SMARTS) is 1. The van der Waals surface area contributed by atoms with E-state index < -0.39 is 24.0 Å². The molecular weight excluding hydrogens is 379 g/mol. The molecule has 0 aromatic carbocycles. The summed E-state index contributed by atoms with van der Waals surface area (Å²) in [7, 11) is 0. The van der Waals surface area contributed by atoms with Gasteiger partial charge in [0.1, 0.15) is 6.04 Å². The van der Waals surface area contributed by atoms with E-state index in [-0.39, 0.29) is 30.6 Å². The number of aliphatic carboxylic acids is 1. The molecule has 1 amide bonds. The third kappa shape index (κ3) is 3.78. The van der Waals surface area contributed by atoms with Gasteiger partial charge in [-0.15, -0.1) is 5.10 Å². The smallest absolute Gasteiger partial charge is 0.453 e. The molecule has 1 atom stereocenters. The number of hydrogen-bond donors (Lipinski definition) is 1. The summed E-state index contributed by atoms with van der Waals surface area (Å²) in [5.41, 5.74) is 1.48. The van der Waals surface area contributed by atoms with Gasteiger partial charge in [0.15, 0.2) is 0 Å². The van der Waals surface area contributed by atoms with Crippen LogP contribution < -0.4 is 0 Å². The molecule has 0 spiro atoms. The first kappa shape index (κ1) is 20.0. The van der Waals surface area contributed by atoms with Crippen molar-refractivity contribution in [2.45, 2.75) is 64.7 Å². The standard InChI is InChI=1S/C17H20F3N5O3/c1-8-12(6-7-13(26)24(11-4-5-11)10(3)14(27)28)9(2)25-16(21-8)22-15(23-25)17(18,19)20/h10-11H,4-7H2,1-3H3,(H,27,28). The lowest BCUT2D eigenvalue weighted by molar-refractivity contribution is -0.150. The van der Waals surface area contributed by atoms with Crippen molar-refractivity contribution in [3.05, 3.63) is 22.8 Å². The van der Waals surface area contributed by atoms with Crippen molar-refractivity contribution in [2.75, 3.05) is 0 Å². The predicted molar refractivity (Wildman–Crippen MR) is 90.5 cm³/mol. The first-order chi connectivity index (χ1) is 13.0. The topological polar surface area (TPSA) is 101 Å². The number of hydrogen-bond acceptors (Lipinski definition) is 5. The van der Waals surface area contributed by atoms with Crippen LogP contribution in [0.1, 0.15) is 49.0 Å². The molecule has 0 saturated heterocycles. The van der Waals surface area contributed by atoms with Gasteiger partial charge in [-0.3, -0.25) is 4.79 Å². The number of alkyl halides is 3. The minimum atomic E-state index is -4.68. The normalized spacial score (nSPS) is 15.6. The van der Waals surface area contributed by atoms with Gasteiger partial charge < -0.3 is 10.0 Å². The van der Waals surface area contributed by atoms with Crippen molar-refractivity contribution in [3.8, 4) is 0 Å². The Labute approximate surface area is 158 Å². The van der Waals surface area contributed by atoms with E-state index in [1.165, 1.54) is 11.8 Å². The highest BCUT2D eigenvalue weighted by Gasteiger charge is 2.38. The zero-order valence-corrected chi connectivity index (χ0v) is 15.6. The summed E-state index contributed by atoms with van der Waals surface area (Å²) in [6.45, 7) is 4.69. The highest BCUT2D eigenvalue weighted by Crippen LogP contribution is 2.30. The van der Waals surface area contributed by atoms with Crippen LogP contribution in [0.25, 0.3) is 5.78 Å². The summed E-state index contributed by atoms with van der Waals surface area (Å²) in [5.74, 6) is -2.80. The maximum Gasteiger partial charge on any atom is 0.453 e. The van der Waals surface area contributed by atoms with Gasteiger partial charge in [-0.05, 0) is 45.6 Å². The molecule has 0 aliphatic heterocycles. The van der Waals surface area contributed by atoms with Crippen LogP contribution in [0.15, 0.2) is 0 Å². The van der Waals surface area contributed by atoms with E-state index in [0.29, 0.717) is 17.0 Å². The fourth-order valence-electron chi connectivity index (χ4n) is 3.26. The molecular formula is C17H20F3N5O3. The second-order valence-corrected chi connectivity index (χ2v) is 6.95. The lowest BCUT2D eigenvalue weighted by Gasteiger charge is -2.26. The maximum absolute atomic E-state index is 12.9. The third-order valence-electron chi connectivity index (χ3n) is 4.89. The number of carboxylic acids is 1. The Morgan fingerprint density at radius 1 is 1.29 bits per heavy atom. The third-order valence-corrected chi connectivity index (χ3v) is 4.89. The van der Waals surface area contributed by atoms with E-state index in [2.05, 4.69) is 15.1 Å². The quantitative estimate of drug-likeness (QED) is 0.799. The number of nitrogens with zero attached hydrogens (tertiary/aromatic N) is 5. The van der Waals surface area contributed by atoms with Crippen LogP contribution in [0.3, 0.4) is 0 Å². The SMILES string of the molecule is Cc1nc2nc(C(F)(F)F)nn2c(C)c1CCC(=O)N(C1CC1)C(C)C(=O)O. The van der Waals surface area contributed by atoms with Crippen LogP contribution in [0.4, 0.5) is 13.2 Å². The van der Waals surface area contributed by atoms with Crippen LogP contribution in [0.5, 0.6) is 0 Å². The van der Waals surface area contributed by atoms with Crippen molar-refractivity contribution in [2.24, 2.45) is 0 Å². The molecule has 28 heavy (non-hydrogen) atoms. The van der Waals surface area contributed by atoms with E-state index in [4.69, 9.17) is 0 Å². The molecule has 1 N–H and O–H groups in total. The number of fused-ring (bicyclic) bond motifs is 1. The number of carbonyl (C=O) groups is 2. The number of amides is 1. The lowest BCUT2D eigenvalue weighted by atomic mass is 10.1. The van der Waals surface area contributed by atoms with Gasteiger partial charge in [-0.1, -0.05) is 0 Å². The van der Waals surface area contributed by atoms with Crippen LogP contribution in [0, 0.1) is 13.8 Å². The minimum Gasteiger partial charge on any atom is -0.480 e. The van der Waals surface area contributed by atoms with Crippen molar-refractivity contribution >= 4 is 17.7 Å². The molecule has 8 nitrogen and oxygen atoms in total. The first-order valence-electron chi connectivity index (χ1n) is 8.84. The lowest BCUT2D eigenvalue weighted by Crippen LogP contribution is -2.44. The van der Waals surface area contributed by atoms with E-state index in [0.717, 1.165) is 17.4 Å².